The number of hydrogen-bond donors (Lipinski definition) is 1. The van der Waals surface area contributed by atoms with E-state index >= 15 is 0 Å². The quantitative estimate of drug-likeness (QED) is 0.908. The number of guanidine groups is 1. The fourth-order valence-corrected chi connectivity index (χ4v) is 3.58. The molecule has 1 aliphatic heterocycles. The first kappa shape index (κ1) is 13.3. The van der Waals surface area contributed by atoms with E-state index in [0.717, 1.165) is 23.1 Å². The van der Waals surface area contributed by atoms with E-state index in [0.29, 0.717) is 16.9 Å². The molecule has 1 aromatic carbocycles. The smallest absolute Gasteiger partial charge is 0.196 e. The summed E-state index contributed by atoms with van der Waals surface area (Å²) in [4.78, 5) is 6.72. The largest absolute Gasteiger partial charge is 0.369 e. The van der Waals surface area contributed by atoms with Crippen molar-refractivity contribution in [1.82, 2.24) is 0 Å². The molecule has 2 N–H and O–H groups in total. The van der Waals surface area contributed by atoms with Gasteiger partial charge >= 0.3 is 0 Å². The highest BCUT2D eigenvalue weighted by Crippen LogP contribution is 2.49. The van der Waals surface area contributed by atoms with E-state index in [1.807, 2.05) is 18.2 Å². The Morgan fingerprint density at radius 3 is 2.84 bits per heavy atom. The van der Waals surface area contributed by atoms with Gasteiger partial charge in [0.05, 0.1) is 17.1 Å². The molecule has 0 bridgehead atoms. The van der Waals surface area contributed by atoms with Gasteiger partial charge in [0.1, 0.15) is 0 Å². The van der Waals surface area contributed by atoms with Gasteiger partial charge in [-0.25, -0.2) is 0 Å². The van der Waals surface area contributed by atoms with Crippen LogP contribution >= 0.6 is 27.5 Å². The minimum atomic E-state index is 0.0668. The van der Waals surface area contributed by atoms with Crippen LogP contribution in [-0.4, -0.2) is 18.0 Å². The van der Waals surface area contributed by atoms with Crippen LogP contribution in [0.1, 0.15) is 26.2 Å². The summed E-state index contributed by atoms with van der Waals surface area (Å²) in [6.07, 6.45) is 3.62. The maximum absolute atomic E-state index is 6.14. The second-order valence-electron chi connectivity index (χ2n) is 5.34. The molecule has 1 aromatic rings. The summed E-state index contributed by atoms with van der Waals surface area (Å²) >= 11 is 9.56. The SMILES string of the molecule is CCC1(C2CC2)CN=C(N)N1c1ccc(Cl)c(Br)c1. The molecule has 3 rings (SSSR count). The zero-order chi connectivity index (χ0) is 13.6. The lowest BCUT2D eigenvalue weighted by Gasteiger charge is -2.39. The molecule has 19 heavy (non-hydrogen) atoms. The highest BCUT2D eigenvalue weighted by Gasteiger charge is 2.52. The molecule has 1 unspecified atom stereocenters. The van der Waals surface area contributed by atoms with E-state index in [4.69, 9.17) is 17.3 Å². The molecule has 0 aromatic heterocycles. The molecule has 2 aliphatic rings. The van der Waals surface area contributed by atoms with Gasteiger partial charge in [-0.15, -0.1) is 0 Å². The molecule has 3 nitrogen and oxygen atoms in total. The Morgan fingerprint density at radius 1 is 1.53 bits per heavy atom. The summed E-state index contributed by atoms with van der Waals surface area (Å²) in [5, 5.41) is 0.715. The Hall–Kier alpha value is -0.740. The second-order valence-corrected chi connectivity index (χ2v) is 6.60. The maximum atomic E-state index is 6.14. The van der Waals surface area contributed by atoms with Crippen molar-refractivity contribution in [2.24, 2.45) is 16.6 Å². The number of rotatable bonds is 3. The van der Waals surface area contributed by atoms with Crippen molar-refractivity contribution >= 4 is 39.2 Å². The molecule has 0 spiro atoms. The van der Waals surface area contributed by atoms with Gasteiger partial charge in [-0.2, -0.15) is 0 Å². The van der Waals surface area contributed by atoms with E-state index in [2.05, 4.69) is 32.7 Å². The Labute approximate surface area is 127 Å². The molecule has 102 valence electrons. The summed E-state index contributed by atoms with van der Waals surface area (Å²) in [5.74, 6) is 1.33. The van der Waals surface area contributed by atoms with Crippen molar-refractivity contribution in [2.45, 2.75) is 31.7 Å². The second kappa shape index (κ2) is 4.67. The first-order valence-corrected chi connectivity index (χ1v) is 7.81. The number of nitrogens with two attached hydrogens (primary N) is 1. The standard InChI is InChI=1S/C14H17BrClN3/c1-2-14(9-3-4-9)8-18-13(17)19(14)10-5-6-12(16)11(15)7-10/h5-7,9H,2-4,8H2,1H3,(H2,17,18). The van der Waals surface area contributed by atoms with Crippen LogP contribution in [0.3, 0.4) is 0 Å². The van der Waals surface area contributed by atoms with E-state index in [-0.39, 0.29) is 5.54 Å². The number of anilines is 1. The van der Waals surface area contributed by atoms with E-state index < -0.39 is 0 Å². The Balaban J connectivity index is 2.04. The Morgan fingerprint density at radius 2 is 2.26 bits per heavy atom. The van der Waals surface area contributed by atoms with Gasteiger partial charge in [0, 0.05) is 10.2 Å². The van der Waals surface area contributed by atoms with Gasteiger partial charge in [-0.1, -0.05) is 18.5 Å². The minimum Gasteiger partial charge on any atom is -0.369 e. The molecule has 0 radical (unpaired) electrons. The topological polar surface area (TPSA) is 41.6 Å². The third-order valence-electron chi connectivity index (χ3n) is 4.30. The van der Waals surface area contributed by atoms with Crippen LogP contribution in [0.2, 0.25) is 5.02 Å². The molecule has 1 saturated carbocycles. The zero-order valence-corrected chi connectivity index (χ0v) is 13.2. The van der Waals surface area contributed by atoms with E-state index in [9.17, 15) is 0 Å². The van der Waals surface area contributed by atoms with Crippen LogP contribution in [0.5, 0.6) is 0 Å². The molecule has 1 atom stereocenters. The lowest BCUT2D eigenvalue weighted by atomic mass is 9.88. The van der Waals surface area contributed by atoms with Gasteiger partial charge < -0.3 is 10.6 Å². The van der Waals surface area contributed by atoms with Crippen molar-refractivity contribution in [2.75, 3.05) is 11.4 Å². The third-order valence-corrected chi connectivity index (χ3v) is 5.51. The molecular formula is C14H17BrClN3. The lowest BCUT2D eigenvalue weighted by Crippen LogP contribution is -2.53. The van der Waals surface area contributed by atoms with Crippen molar-refractivity contribution < 1.29 is 0 Å². The zero-order valence-electron chi connectivity index (χ0n) is 10.9. The minimum absolute atomic E-state index is 0.0668. The summed E-state index contributed by atoms with van der Waals surface area (Å²) in [6, 6.07) is 5.95. The number of halogens is 2. The van der Waals surface area contributed by atoms with Crippen LogP contribution < -0.4 is 10.6 Å². The molecular weight excluding hydrogens is 326 g/mol. The van der Waals surface area contributed by atoms with Crippen molar-refractivity contribution in [3.63, 3.8) is 0 Å². The summed E-state index contributed by atoms with van der Waals surface area (Å²) in [6.45, 7) is 3.03. The van der Waals surface area contributed by atoms with E-state index in [1.165, 1.54) is 12.8 Å². The first-order valence-electron chi connectivity index (χ1n) is 6.63. The van der Waals surface area contributed by atoms with Crippen LogP contribution in [0.15, 0.2) is 27.7 Å². The van der Waals surface area contributed by atoms with Crippen LogP contribution in [0.4, 0.5) is 5.69 Å². The average Bonchev–Trinajstić information content (AvgIpc) is 3.18. The van der Waals surface area contributed by atoms with Gasteiger partial charge in [-0.05, 0) is 59.3 Å². The predicted molar refractivity (Wildman–Crippen MR) is 83.9 cm³/mol. The van der Waals surface area contributed by atoms with E-state index in [1.54, 1.807) is 0 Å². The van der Waals surface area contributed by atoms with Gasteiger partial charge in [0.2, 0.25) is 0 Å². The predicted octanol–water partition coefficient (Wildman–Crippen LogP) is 3.80. The number of nitrogens with zero attached hydrogens (tertiary/aromatic N) is 2. The third kappa shape index (κ3) is 2.05. The van der Waals surface area contributed by atoms with Crippen LogP contribution in [0.25, 0.3) is 0 Å². The van der Waals surface area contributed by atoms with Crippen molar-refractivity contribution in [3.8, 4) is 0 Å². The van der Waals surface area contributed by atoms with Crippen LogP contribution in [0, 0.1) is 5.92 Å². The molecule has 0 saturated heterocycles. The average molecular weight is 343 g/mol. The molecule has 0 amide bonds. The number of hydrogen-bond acceptors (Lipinski definition) is 3. The molecule has 1 aliphatic carbocycles. The molecule has 5 heteroatoms. The number of benzene rings is 1. The maximum Gasteiger partial charge on any atom is 0.196 e. The van der Waals surface area contributed by atoms with Gasteiger partial charge in [-0.3, -0.25) is 4.99 Å². The highest BCUT2D eigenvalue weighted by atomic mass is 79.9. The van der Waals surface area contributed by atoms with Crippen molar-refractivity contribution in [3.05, 3.63) is 27.7 Å². The highest BCUT2D eigenvalue weighted by molar-refractivity contribution is 9.10. The molecule has 1 heterocycles. The van der Waals surface area contributed by atoms with Crippen LogP contribution in [-0.2, 0) is 0 Å². The normalized spacial score (nSPS) is 26.7. The fourth-order valence-electron chi connectivity index (χ4n) is 3.09. The lowest BCUT2D eigenvalue weighted by molar-refractivity contribution is 0.386. The Bertz CT molecular complexity index is 541. The summed E-state index contributed by atoms with van der Waals surface area (Å²) in [7, 11) is 0. The fraction of sp³-hybridized carbons (Fsp3) is 0.500. The van der Waals surface area contributed by atoms with Gasteiger partial charge in [0.25, 0.3) is 0 Å². The first-order chi connectivity index (χ1) is 9.08. The monoisotopic (exact) mass is 341 g/mol. The van der Waals surface area contributed by atoms with Gasteiger partial charge in [0.15, 0.2) is 5.96 Å². The van der Waals surface area contributed by atoms with Crippen molar-refractivity contribution in [1.29, 1.82) is 0 Å². The molecule has 1 fully saturated rings. The summed E-state index contributed by atoms with van der Waals surface area (Å²) in [5.41, 5.74) is 7.28. The number of aliphatic imine (C=N–C) groups is 1. The Kier molecular flexibility index (Phi) is 3.26. The summed E-state index contributed by atoms with van der Waals surface area (Å²) < 4.78 is 0.896.